The Bertz CT molecular complexity index is 647. The van der Waals surface area contributed by atoms with Gasteiger partial charge in [0.25, 0.3) is 0 Å². The van der Waals surface area contributed by atoms with E-state index in [0.29, 0.717) is 10.7 Å². The first-order valence-corrected chi connectivity index (χ1v) is 6.47. The number of aryl methyl sites for hydroxylation is 1. The van der Waals surface area contributed by atoms with Crippen molar-refractivity contribution in [2.75, 3.05) is 11.9 Å². The molecule has 0 atom stereocenters. The molecule has 112 valence electrons. The van der Waals surface area contributed by atoms with Crippen molar-refractivity contribution in [2.24, 2.45) is 0 Å². The highest BCUT2D eigenvalue weighted by atomic mass is 35.5. The van der Waals surface area contributed by atoms with E-state index in [2.05, 4.69) is 13.2 Å². The standard InChI is InChI=1S/C15H14ClF3N2/c1-9-7-12(16)5-6-13(9)21-10(2)8-14(15(17,18)19)20(4)11(21)3/h5-8H,2-3H2,1,4H3. The molecule has 1 aliphatic heterocycles. The fourth-order valence-electron chi connectivity index (χ4n) is 2.21. The average molecular weight is 315 g/mol. The first kappa shape index (κ1) is 15.5. The highest BCUT2D eigenvalue weighted by Gasteiger charge is 2.41. The molecule has 0 radical (unpaired) electrons. The predicted octanol–water partition coefficient (Wildman–Crippen LogP) is 4.83. The van der Waals surface area contributed by atoms with E-state index < -0.39 is 11.9 Å². The van der Waals surface area contributed by atoms with E-state index >= 15 is 0 Å². The zero-order valence-corrected chi connectivity index (χ0v) is 12.4. The summed E-state index contributed by atoms with van der Waals surface area (Å²) >= 11 is 5.91. The summed E-state index contributed by atoms with van der Waals surface area (Å²) < 4.78 is 38.9. The van der Waals surface area contributed by atoms with E-state index in [0.717, 1.165) is 16.5 Å². The number of rotatable bonds is 1. The van der Waals surface area contributed by atoms with Gasteiger partial charge in [-0.3, -0.25) is 4.90 Å². The van der Waals surface area contributed by atoms with Crippen molar-refractivity contribution in [3.05, 3.63) is 65.2 Å². The second kappa shape index (κ2) is 5.15. The number of nitrogens with zero attached hydrogens (tertiary/aromatic N) is 2. The van der Waals surface area contributed by atoms with E-state index in [1.807, 2.05) is 6.92 Å². The van der Waals surface area contributed by atoms with Crippen LogP contribution in [0.1, 0.15) is 5.56 Å². The molecule has 0 fully saturated rings. The van der Waals surface area contributed by atoms with Gasteiger partial charge in [-0.05, 0) is 36.8 Å². The highest BCUT2D eigenvalue weighted by Crippen LogP contribution is 2.39. The third kappa shape index (κ3) is 2.78. The normalized spacial score (nSPS) is 16.4. The molecule has 2 nitrogen and oxygen atoms in total. The first-order chi connectivity index (χ1) is 9.62. The van der Waals surface area contributed by atoms with Crippen LogP contribution >= 0.6 is 11.6 Å². The minimum Gasteiger partial charge on any atom is -0.327 e. The molecular formula is C15H14ClF3N2. The number of benzene rings is 1. The Morgan fingerprint density at radius 2 is 1.81 bits per heavy atom. The van der Waals surface area contributed by atoms with Crippen LogP contribution in [0.4, 0.5) is 18.9 Å². The molecule has 0 bridgehead atoms. The quantitative estimate of drug-likeness (QED) is 0.732. The third-order valence-electron chi connectivity index (χ3n) is 3.29. The maximum Gasteiger partial charge on any atom is 0.431 e. The van der Waals surface area contributed by atoms with Gasteiger partial charge in [0.1, 0.15) is 11.5 Å². The van der Waals surface area contributed by atoms with Gasteiger partial charge >= 0.3 is 6.18 Å². The summed E-state index contributed by atoms with van der Waals surface area (Å²) in [6.45, 7) is 9.29. The molecule has 1 heterocycles. The topological polar surface area (TPSA) is 6.48 Å². The molecular weight excluding hydrogens is 301 g/mol. The van der Waals surface area contributed by atoms with Crippen LogP contribution in [0.2, 0.25) is 5.02 Å². The molecule has 0 saturated carbocycles. The highest BCUT2D eigenvalue weighted by molar-refractivity contribution is 6.30. The van der Waals surface area contributed by atoms with Gasteiger partial charge in [0.15, 0.2) is 0 Å². The van der Waals surface area contributed by atoms with Gasteiger partial charge in [-0.1, -0.05) is 24.8 Å². The second-order valence-electron chi connectivity index (χ2n) is 4.76. The van der Waals surface area contributed by atoms with Gasteiger partial charge < -0.3 is 4.90 Å². The van der Waals surface area contributed by atoms with Crippen molar-refractivity contribution in [1.82, 2.24) is 4.90 Å². The molecule has 0 spiro atoms. The van der Waals surface area contributed by atoms with Crippen LogP contribution in [-0.2, 0) is 0 Å². The van der Waals surface area contributed by atoms with Crippen molar-refractivity contribution >= 4 is 17.3 Å². The maximum absolute atomic E-state index is 13.0. The van der Waals surface area contributed by atoms with Crippen molar-refractivity contribution in [1.29, 1.82) is 0 Å². The lowest BCUT2D eigenvalue weighted by atomic mass is 10.1. The number of hydrogen-bond acceptors (Lipinski definition) is 2. The predicted molar refractivity (Wildman–Crippen MR) is 78.8 cm³/mol. The molecule has 0 N–H and O–H groups in total. The lowest BCUT2D eigenvalue weighted by molar-refractivity contribution is -0.107. The van der Waals surface area contributed by atoms with Gasteiger partial charge in [0.05, 0.1) is 5.69 Å². The summed E-state index contributed by atoms with van der Waals surface area (Å²) in [7, 11) is 1.33. The first-order valence-electron chi connectivity index (χ1n) is 6.09. The van der Waals surface area contributed by atoms with Crippen LogP contribution in [0.3, 0.4) is 0 Å². The van der Waals surface area contributed by atoms with Gasteiger partial charge in [0.2, 0.25) is 0 Å². The van der Waals surface area contributed by atoms with E-state index in [1.54, 1.807) is 23.1 Å². The maximum atomic E-state index is 13.0. The molecule has 2 rings (SSSR count). The molecule has 1 aromatic carbocycles. The van der Waals surface area contributed by atoms with Crippen LogP contribution < -0.4 is 4.90 Å². The van der Waals surface area contributed by atoms with Gasteiger partial charge in [-0.2, -0.15) is 13.2 Å². The molecule has 0 aliphatic carbocycles. The smallest absolute Gasteiger partial charge is 0.327 e. The van der Waals surface area contributed by atoms with Crippen molar-refractivity contribution < 1.29 is 13.2 Å². The summed E-state index contributed by atoms with van der Waals surface area (Å²) in [6, 6.07) is 5.14. The monoisotopic (exact) mass is 314 g/mol. The Morgan fingerprint density at radius 1 is 1.19 bits per heavy atom. The minimum atomic E-state index is -4.46. The Kier molecular flexibility index (Phi) is 3.80. The van der Waals surface area contributed by atoms with E-state index in [1.165, 1.54) is 7.05 Å². The van der Waals surface area contributed by atoms with Gasteiger partial charge in [-0.15, -0.1) is 0 Å². The Balaban J connectivity index is 2.51. The summed E-state index contributed by atoms with van der Waals surface area (Å²) in [5, 5.41) is 0.560. The van der Waals surface area contributed by atoms with Crippen LogP contribution in [0.5, 0.6) is 0 Å². The molecule has 0 amide bonds. The number of alkyl halides is 3. The number of allylic oxidation sites excluding steroid dienone is 2. The zero-order valence-electron chi connectivity index (χ0n) is 11.6. The third-order valence-corrected chi connectivity index (χ3v) is 3.52. The second-order valence-corrected chi connectivity index (χ2v) is 5.20. The summed E-state index contributed by atoms with van der Waals surface area (Å²) in [4.78, 5) is 2.57. The van der Waals surface area contributed by atoms with Crippen molar-refractivity contribution in [3.8, 4) is 0 Å². The zero-order chi connectivity index (χ0) is 15.9. The largest absolute Gasteiger partial charge is 0.431 e. The number of halogens is 4. The Morgan fingerprint density at radius 3 is 2.33 bits per heavy atom. The molecule has 1 aliphatic rings. The molecule has 6 heteroatoms. The van der Waals surface area contributed by atoms with E-state index in [9.17, 15) is 13.2 Å². The van der Waals surface area contributed by atoms with Crippen molar-refractivity contribution in [3.63, 3.8) is 0 Å². The lowest BCUT2D eigenvalue weighted by Gasteiger charge is -2.39. The summed E-state index contributed by atoms with van der Waals surface area (Å²) in [5.41, 5.74) is 0.928. The minimum absolute atomic E-state index is 0.181. The fraction of sp³-hybridized carbons (Fsp3) is 0.200. The molecule has 21 heavy (non-hydrogen) atoms. The van der Waals surface area contributed by atoms with Gasteiger partial charge in [-0.25, -0.2) is 0 Å². The average Bonchev–Trinajstić information content (AvgIpc) is 2.35. The van der Waals surface area contributed by atoms with Crippen LogP contribution in [0.25, 0.3) is 0 Å². The SMILES string of the molecule is C=C1C=C(C(F)(F)F)N(C)C(=C)N1c1ccc(Cl)cc1C. The van der Waals surface area contributed by atoms with E-state index in [4.69, 9.17) is 11.6 Å². The van der Waals surface area contributed by atoms with Crippen molar-refractivity contribution in [2.45, 2.75) is 13.1 Å². The Hall–Kier alpha value is -1.88. The summed E-state index contributed by atoms with van der Waals surface area (Å²) in [5.74, 6) is 0.181. The lowest BCUT2D eigenvalue weighted by Crippen LogP contribution is -2.40. The van der Waals surface area contributed by atoms with Crippen LogP contribution in [0.15, 0.2) is 54.6 Å². The summed E-state index contributed by atoms with van der Waals surface area (Å²) in [6.07, 6.45) is -3.45. The van der Waals surface area contributed by atoms with E-state index in [-0.39, 0.29) is 11.5 Å². The van der Waals surface area contributed by atoms with Crippen LogP contribution in [-0.4, -0.2) is 18.1 Å². The number of hydrogen-bond donors (Lipinski definition) is 0. The van der Waals surface area contributed by atoms with Gasteiger partial charge in [0, 0.05) is 17.8 Å². The fourth-order valence-corrected chi connectivity index (χ4v) is 2.44. The molecule has 0 saturated heterocycles. The number of anilines is 1. The molecule has 1 aromatic rings. The molecule has 0 unspecified atom stereocenters. The Labute approximate surface area is 126 Å². The molecule has 0 aromatic heterocycles. The van der Waals surface area contributed by atoms with Crippen LogP contribution in [0, 0.1) is 6.92 Å².